The Bertz CT molecular complexity index is 894. The van der Waals surface area contributed by atoms with Crippen LogP contribution in [-0.2, 0) is 16.1 Å². The lowest BCUT2D eigenvalue weighted by molar-refractivity contribution is -0.143. The van der Waals surface area contributed by atoms with Crippen molar-refractivity contribution in [2.75, 3.05) is 20.8 Å². The molecule has 0 aromatic heterocycles. The Morgan fingerprint density at radius 1 is 1.14 bits per heavy atom. The number of carbonyl (C=O) groups is 1. The normalized spacial score (nSPS) is 20.9. The lowest BCUT2D eigenvalue weighted by Crippen LogP contribution is -2.39. The Kier molecular flexibility index (Phi) is 5.69. The summed E-state index contributed by atoms with van der Waals surface area (Å²) in [5.74, 6) is 1.65. The molecule has 0 saturated carbocycles. The van der Waals surface area contributed by atoms with Crippen LogP contribution in [0.3, 0.4) is 0 Å². The van der Waals surface area contributed by atoms with E-state index in [9.17, 15) is 4.79 Å². The van der Waals surface area contributed by atoms with Gasteiger partial charge in [-0.05, 0) is 36.6 Å². The van der Waals surface area contributed by atoms with Gasteiger partial charge in [-0.25, -0.2) is 0 Å². The summed E-state index contributed by atoms with van der Waals surface area (Å²) in [7, 11) is 3.32. The van der Waals surface area contributed by atoms with Crippen LogP contribution in [0.15, 0.2) is 53.7 Å². The van der Waals surface area contributed by atoms with Crippen molar-refractivity contribution < 1.29 is 19.1 Å². The number of hydrogen-bond acceptors (Lipinski definition) is 5. The van der Waals surface area contributed by atoms with E-state index in [-0.39, 0.29) is 11.9 Å². The zero-order valence-electron chi connectivity index (χ0n) is 16.8. The first-order chi connectivity index (χ1) is 14.2. The predicted octanol–water partition coefficient (Wildman–Crippen LogP) is 3.75. The van der Waals surface area contributed by atoms with Gasteiger partial charge in [-0.3, -0.25) is 4.79 Å². The number of oxime groups is 1. The standard InChI is InChI=1S/C23H26N2O4/c1-27-18-11-9-16(10-12-18)14-17-15-22(29-24-17)23(26)25-13-5-7-20(25)19-6-3-4-8-21(19)28-2/h3-4,6,8-12,20,22H,5,7,13-15H2,1-2H3. The maximum Gasteiger partial charge on any atom is 0.267 e. The van der Waals surface area contributed by atoms with E-state index in [0.717, 1.165) is 47.7 Å². The van der Waals surface area contributed by atoms with Gasteiger partial charge in [0.05, 0.1) is 26.0 Å². The summed E-state index contributed by atoms with van der Waals surface area (Å²) in [4.78, 5) is 20.6. The molecule has 0 radical (unpaired) electrons. The first-order valence-electron chi connectivity index (χ1n) is 9.97. The average molecular weight is 394 g/mol. The number of likely N-dealkylation sites (tertiary alicyclic amines) is 1. The molecule has 152 valence electrons. The molecule has 6 nitrogen and oxygen atoms in total. The van der Waals surface area contributed by atoms with Crippen molar-refractivity contribution in [3.05, 3.63) is 59.7 Å². The molecule has 2 aromatic carbocycles. The molecule has 4 rings (SSSR count). The molecule has 2 aromatic rings. The third kappa shape index (κ3) is 4.06. The molecular formula is C23H26N2O4. The van der Waals surface area contributed by atoms with Crippen LogP contribution >= 0.6 is 0 Å². The second-order valence-corrected chi connectivity index (χ2v) is 7.41. The van der Waals surface area contributed by atoms with Crippen LogP contribution in [0.25, 0.3) is 0 Å². The van der Waals surface area contributed by atoms with Gasteiger partial charge < -0.3 is 19.2 Å². The number of amides is 1. The summed E-state index contributed by atoms with van der Waals surface area (Å²) >= 11 is 0. The fourth-order valence-corrected chi connectivity index (χ4v) is 4.12. The fourth-order valence-electron chi connectivity index (χ4n) is 4.12. The summed E-state index contributed by atoms with van der Waals surface area (Å²) in [6.07, 6.45) is 2.56. The van der Waals surface area contributed by atoms with E-state index in [1.807, 2.05) is 53.4 Å². The van der Waals surface area contributed by atoms with Crippen LogP contribution in [0.1, 0.15) is 36.4 Å². The third-order valence-corrected chi connectivity index (χ3v) is 5.61. The highest BCUT2D eigenvalue weighted by Crippen LogP contribution is 2.38. The number of rotatable bonds is 6. The molecule has 6 heteroatoms. The fraction of sp³-hybridized carbons (Fsp3) is 0.391. The van der Waals surface area contributed by atoms with E-state index in [0.29, 0.717) is 12.8 Å². The molecule has 1 amide bonds. The van der Waals surface area contributed by atoms with Crippen molar-refractivity contribution in [2.24, 2.45) is 5.16 Å². The zero-order chi connectivity index (χ0) is 20.2. The lowest BCUT2D eigenvalue weighted by atomic mass is 10.0. The molecule has 0 N–H and O–H groups in total. The van der Waals surface area contributed by atoms with Gasteiger partial charge in [-0.15, -0.1) is 0 Å². The smallest absolute Gasteiger partial charge is 0.267 e. The Balaban J connectivity index is 1.41. The third-order valence-electron chi connectivity index (χ3n) is 5.61. The Hall–Kier alpha value is -3.02. The van der Waals surface area contributed by atoms with Gasteiger partial charge in [0.2, 0.25) is 6.10 Å². The van der Waals surface area contributed by atoms with Gasteiger partial charge in [-0.1, -0.05) is 35.5 Å². The van der Waals surface area contributed by atoms with Gasteiger partial charge in [0.25, 0.3) is 5.91 Å². The molecule has 2 unspecified atom stereocenters. The van der Waals surface area contributed by atoms with E-state index < -0.39 is 6.10 Å². The van der Waals surface area contributed by atoms with Gasteiger partial charge in [0.15, 0.2) is 0 Å². The summed E-state index contributed by atoms with van der Waals surface area (Å²) < 4.78 is 10.7. The number of para-hydroxylation sites is 1. The Morgan fingerprint density at radius 2 is 1.93 bits per heavy atom. The van der Waals surface area contributed by atoms with E-state index in [2.05, 4.69) is 5.16 Å². The summed E-state index contributed by atoms with van der Waals surface area (Å²) in [6, 6.07) is 15.8. The molecule has 1 fully saturated rings. The Morgan fingerprint density at radius 3 is 2.69 bits per heavy atom. The highest BCUT2D eigenvalue weighted by molar-refractivity contribution is 5.94. The zero-order valence-corrected chi connectivity index (χ0v) is 16.8. The van der Waals surface area contributed by atoms with E-state index in [4.69, 9.17) is 14.3 Å². The topological polar surface area (TPSA) is 60.4 Å². The summed E-state index contributed by atoms with van der Waals surface area (Å²) in [6.45, 7) is 0.731. The second-order valence-electron chi connectivity index (χ2n) is 7.41. The van der Waals surface area contributed by atoms with Gasteiger partial charge in [-0.2, -0.15) is 0 Å². The molecule has 29 heavy (non-hydrogen) atoms. The molecule has 2 aliphatic rings. The van der Waals surface area contributed by atoms with Crippen molar-refractivity contribution >= 4 is 11.6 Å². The van der Waals surface area contributed by atoms with Crippen LogP contribution in [0, 0.1) is 0 Å². The van der Waals surface area contributed by atoms with E-state index in [1.54, 1.807) is 14.2 Å². The minimum Gasteiger partial charge on any atom is -0.497 e. The van der Waals surface area contributed by atoms with Crippen LogP contribution in [-0.4, -0.2) is 43.4 Å². The van der Waals surface area contributed by atoms with Crippen molar-refractivity contribution in [3.8, 4) is 11.5 Å². The number of hydrogen-bond donors (Lipinski definition) is 0. The summed E-state index contributed by atoms with van der Waals surface area (Å²) in [5, 5.41) is 4.19. The number of nitrogens with zero attached hydrogens (tertiary/aromatic N) is 2. The van der Waals surface area contributed by atoms with Gasteiger partial charge in [0.1, 0.15) is 11.5 Å². The molecule has 2 aliphatic heterocycles. The lowest BCUT2D eigenvalue weighted by Gasteiger charge is -2.27. The average Bonchev–Trinajstić information content (AvgIpc) is 3.43. The highest BCUT2D eigenvalue weighted by Gasteiger charge is 2.38. The minimum absolute atomic E-state index is 0.00638. The van der Waals surface area contributed by atoms with Crippen molar-refractivity contribution in [1.29, 1.82) is 0 Å². The quantitative estimate of drug-likeness (QED) is 0.749. The van der Waals surface area contributed by atoms with Gasteiger partial charge in [0, 0.05) is 24.9 Å². The SMILES string of the molecule is COc1ccc(CC2=NOC(C(=O)N3CCCC3c3ccccc3OC)C2)cc1. The minimum atomic E-state index is -0.543. The van der Waals surface area contributed by atoms with Crippen molar-refractivity contribution in [1.82, 2.24) is 4.90 Å². The maximum absolute atomic E-state index is 13.2. The molecule has 2 atom stereocenters. The van der Waals surface area contributed by atoms with E-state index >= 15 is 0 Å². The number of carbonyl (C=O) groups excluding carboxylic acids is 1. The number of ether oxygens (including phenoxy) is 2. The predicted molar refractivity (Wildman–Crippen MR) is 110 cm³/mol. The molecule has 0 spiro atoms. The molecule has 1 saturated heterocycles. The highest BCUT2D eigenvalue weighted by atomic mass is 16.6. The second kappa shape index (κ2) is 8.55. The van der Waals surface area contributed by atoms with Crippen LogP contribution in [0.2, 0.25) is 0 Å². The first kappa shape index (κ1) is 19.3. The molecule has 0 aliphatic carbocycles. The monoisotopic (exact) mass is 394 g/mol. The van der Waals surface area contributed by atoms with Crippen LogP contribution < -0.4 is 9.47 Å². The largest absolute Gasteiger partial charge is 0.497 e. The first-order valence-corrected chi connectivity index (χ1v) is 9.97. The molecule has 2 heterocycles. The number of benzene rings is 2. The van der Waals surface area contributed by atoms with Crippen molar-refractivity contribution in [3.63, 3.8) is 0 Å². The number of methoxy groups -OCH3 is 2. The van der Waals surface area contributed by atoms with Crippen LogP contribution in [0.4, 0.5) is 0 Å². The Labute approximate surface area is 171 Å². The maximum atomic E-state index is 13.2. The molecule has 0 bridgehead atoms. The molecular weight excluding hydrogens is 368 g/mol. The van der Waals surface area contributed by atoms with Gasteiger partial charge >= 0.3 is 0 Å². The van der Waals surface area contributed by atoms with E-state index in [1.165, 1.54) is 0 Å². The summed E-state index contributed by atoms with van der Waals surface area (Å²) in [5.41, 5.74) is 3.06. The van der Waals surface area contributed by atoms with Crippen molar-refractivity contribution in [2.45, 2.75) is 37.8 Å². The van der Waals surface area contributed by atoms with Crippen LogP contribution in [0.5, 0.6) is 11.5 Å².